The number of imidazole rings is 1. The Kier molecular flexibility index (Phi) is 5.50. The number of rotatable bonds is 6. The molecule has 0 atom stereocenters. The molecule has 4 aromatic rings. The van der Waals surface area contributed by atoms with Crippen molar-refractivity contribution in [1.82, 2.24) is 9.38 Å². The SMILES string of the molecule is O=C(COCc1ccccc1)Nc1ccc(-c2cn3cc(Br)ccc3n2)cc1. The number of hydrogen-bond acceptors (Lipinski definition) is 3. The zero-order valence-electron chi connectivity index (χ0n) is 15.0. The van der Waals surface area contributed by atoms with Crippen molar-refractivity contribution in [3.8, 4) is 11.3 Å². The molecule has 1 amide bonds. The number of aromatic nitrogens is 2. The van der Waals surface area contributed by atoms with Gasteiger partial charge < -0.3 is 14.5 Å². The third-order valence-electron chi connectivity index (χ3n) is 4.22. The molecule has 0 spiro atoms. The van der Waals surface area contributed by atoms with Crippen LogP contribution < -0.4 is 5.32 Å². The average molecular weight is 436 g/mol. The number of anilines is 1. The van der Waals surface area contributed by atoms with Gasteiger partial charge in [-0.2, -0.15) is 0 Å². The molecule has 2 aromatic heterocycles. The number of amides is 1. The van der Waals surface area contributed by atoms with Crippen LogP contribution in [0.15, 0.2) is 83.6 Å². The lowest BCUT2D eigenvalue weighted by Gasteiger charge is -2.07. The summed E-state index contributed by atoms with van der Waals surface area (Å²) in [7, 11) is 0. The van der Waals surface area contributed by atoms with Gasteiger partial charge in [-0.3, -0.25) is 4.79 Å². The Morgan fingerprint density at radius 1 is 1.00 bits per heavy atom. The summed E-state index contributed by atoms with van der Waals surface area (Å²) < 4.78 is 8.43. The molecule has 2 heterocycles. The van der Waals surface area contributed by atoms with Gasteiger partial charge >= 0.3 is 0 Å². The quantitative estimate of drug-likeness (QED) is 0.467. The van der Waals surface area contributed by atoms with Gasteiger partial charge in [0.2, 0.25) is 5.91 Å². The van der Waals surface area contributed by atoms with E-state index in [1.165, 1.54) is 0 Å². The highest BCUT2D eigenvalue weighted by molar-refractivity contribution is 9.10. The number of carbonyl (C=O) groups excluding carboxylic acids is 1. The minimum Gasteiger partial charge on any atom is -0.367 e. The maximum absolute atomic E-state index is 12.1. The number of ether oxygens (including phenoxy) is 1. The highest BCUT2D eigenvalue weighted by Gasteiger charge is 2.07. The summed E-state index contributed by atoms with van der Waals surface area (Å²) in [6.45, 7) is 0.426. The van der Waals surface area contributed by atoms with Crippen molar-refractivity contribution in [2.75, 3.05) is 11.9 Å². The van der Waals surface area contributed by atoms with Crippen LogP contribution in [0.1, 0.15) is 5.56 Å². The van der Waals surface area contributed by atoms with Crippen LogP contribution in [0.5, 0.6) is 0 Å². The molecule has 0 saturated heterocycles. The van der Waals surface area contributed by atoms with Crippen molar-refractivity contribution >= 4 is 33.2 Å². The van der Waals surface area contributed by atoms with E-state index < -0.39 is 0 Å². The van der Waals surface area contributed by atoms with Crippen LogP contribution in [0.3, 0.4) is 0 Å². The Morgan fingerprint density at radius 2 is 1.79 bits per heavy atom. The Bertz CT molecular complexity index is 1090. The fraction of sp³-hybridized carbons (Fsp3) is 0.0909. The van der Waals surface area contributed by atoms with E-state index in [4.69, 9.17) is 4.74 Å². The van der Waals surface area contributed by atoms with Gasteiger partial charge in [0.05, 0.1) is 12.3 Å². The van der Waals surface area contributed by atoms with Gasteiger partial charge in [-0.1, -0.05) is 42.5 Å². The number of hydrogen-bond donors (Lipinski definition) is 1. The molecule has 28 heavy (non-hydrogen) atoms. The molecule has 0 radical (unpaired) electrons. The smallest absolute Gasteiger partial charge is 0.250 e. The fourth-order valence-electron chi connectivity index (χ4n) is 2.86. The Hall–Kier alpha value is -2.96. The van der Waals surface area contributed by atoms with Crippen LogP contribution in [0.25, 0.3) is 16.9 Å². The summed E-state index contributed by atoms with van der Waals surface area (Å²) >= 11 is 3.46. The van der Waals surface area contributed by atoms with E-state index in [1.54, 1.807) is 0 Å². The Labute approximate surface area is 171 Å². The average Bonchev–Trinajstić information content (AvgIpc) is 3.12. The van der Waals surface area contributed by atoms with Crippen LogP contribution in [-0.4, -0.2) is 21.9 Å². The number of nitrogens with one attached hydrogen (secondary N) is 1. The van der Waals surface area contributed by atoms with E-state index >= 15 is 0 Å². The first-order chi connectivity index (χ1) is 13.7. The Morgan fingerprint density at radius 3 is 2.57 bits per heavy atom. The summed E-state index contributed by atoms with van der Waals surface area (Å²) in [4.78, 5) is 16.7. The largest absolute Gasteiger partial charge is 0.367 e. The van der Waals surface area contributed by atoms with Gasteiger partial charge in [0.15, 0.2) is 0 Å². The summed E-state index contributed by atoms with van der Waals surface area (Å²) in [5.74, 6) is -0.179. The van der Waals surface area contributed by atoms with E-state index in [2.05, 4.69) is 26.2 Å². The first-order valence-electron chi connectivity index (χ1n) is 8.83. The molecule has 2 aromatic carbocycles. The minimum absolute atomic E-state index is 0.0119. The standard InChI is InChI=1S/C22H18BrN3O2/c23-18-8-11-21-25-20(13-26(21)12-18)17-6-9-19(10-7-17)24-22(27)15-28-14-16-4-2-1-3-5-16/h1-13H,14-15H2,(H,24,27). The summed E-state index contributed by atoms with van der Waals surface area (Å²) in [5.41, 5.74) is 4.51. The molecule has 1 N–H and O–H groups in total. The lowest BCUT2D eigenvalue weighted by Crippen LogP contribution is -2.18. The third-order valence-corrected chi connectivity index (χ3v) is 4.69. The predicted molar refractivity (Wildman–Crippen MR) is 113 cm³/mol. The van der Waals surface area contributed by atoms with E-state index in [-0.39, 0.29) is 12.5 Å². The number of fused-ring (bicyclic) bond motifs is 1. The maximum atomic E-state index is 12.1. The van der Waals surface area contributed by atoms with Gasteiger partial charge in [-0.05, 0) is 45.8 Å². The zero-order chi connectivity index (χ0) is 19.3. The van der Waals surface area contributed by atoms with Crippen LogP contribution in [0.2, 0.25) is 0 Å². The first kappa shape index (κ1) is 18.4. The zero-order valence-corrected chi connectivity index (χ0v) is 16.6. The molecule has 140 valence electrons. The first-order valence-corrected chi connectivity index (χ1v) is 9.63. The monoisotopic (exact) mass is 435 g/mol. The number of halogens is 1. The fourth-order valence-corrected chi connectivity index (χ4v) is 3.21. The lowest BCUT2D eigenvalue weighted by molar-refractivity contribution is -0.121. The van der Waals surface area contributed by atoms with Crippen molar-refractivity contribution in [1.29, 1.82) is 0 Å². The van der Waals surface area contributed by atoms with Gasteiger partial charge in [-0.25, -0.2) is 4.98 Å². The van der Waals surface area contributed by atoms with Crippen LogP contribution in [-0.2, 0) is 16.1 Å². The highest BCUT2D eigenvalue weighted by atomic mass is 79.9. The van der Waals surface area contributed by atoms with Crippen molar-refractivity contribution in [3.05, 3.63) is 89.2 Å². The summed E-state index contributed by atoms with van der Waals surface area (Å²) in [6.07, 6.45) is 3.95. The molecule has 0 aliphatic heterocycles. The second-order valence-electron chi connectivity index (χ2n) is 6.34. The van der Waals surface area contributed by atoms with Crippen molar-refractivity contribution < 1.29 is 9.53 Å². The molecule has 4 rings (SSSR count). The molecule has 0 aliphatic carbocycles. The van der Waals surface area contributed by atoms with Crippen molar-refractivity contribution in [2.45, 2.75) is 6.61 Å². The number of benzene rings is 2. The van der Waals surface area contributed by atoms with E-state index in [0.717, 1.165) is 32.6 Å². The number of carbonyl (C=O) groups is 1. The van der Waals surface area contributed by atoms with Gasteiger partial charge in [-0.15, -0.1) is 0 Å². The molecule has 0 fully saturated rings. The molecule has 5 nitrogen and oxygen atoms in total. The molecular weight excluding hydrogens is 418 g/mol. The molecule has 6 heteroatoms. The normalized spacial score (nSPS) is 10.9. The number of pyridine rings is 1. The maximum Gasteiger partial charge on any atom is 0.250 e. The molecule has 0 unspecified atom stereocenters. The molecular formula is C22H18BrN3O2. The Balaban J connectivity index is 1.35. The number of nitrogens with zero attached hydrogens (tertiary/aromatic N) is 2. The lowest BCUT2D eigenvalue weighted by atomic mass is 10.1. The second-order valence-corrected chi connectivity index (χ2v) is 7.26. The predicted octanol–water partition coefficient (Wildman–Crippen LogP) is 4.92. The molecule has 0 aliphatic rings. The van der Waals surface area contributed by atoms with E-state index in [9.17, 15) is 4.79 Å². The van der Waals surface area contributed by atoms with Crippen LogP contribution in [0, 0.1) is 0 Å². The molecule has 0 saturated carbocycles. The van der Waals surface area contributed by atoms with Crippen LogP contribution in [0.4, 0.5) is 5.69 Å². The second kappa shape index (κ2) is 8.37. The summed E-state index contributed by atoms with van der Waals surface area (Å²) in [5, 5.41) is 2.85. The molecule has 0 bridgehead atoms. The highest BCUT2D eigenvalue weighted by Crippen LogP contribution is 2.22. The van der Waals surface area contributed by atoms with E-state index in [0.29, 0.717) is 6.61 Å². The van der Waals surface area contributed by atoms with Gasteiger partial charge in [0, 0.05) is 28.1 Å². The minimum atomic E-state index is -0.179. The third kappa shape index (κ3) is 4.47. The van der Waals surface area contributed by atoms with Crippen molar-refractivity contribution in [3.63, 3.8) is 0 Å². The van der Waals surface area contributed by atoms with Crippen molar-refractivity contribution in [2.24, 2.45) is 0 Å². The van der Waals surface area contributed by atoms with Gasteiger partial charge in [0.25, 0.3) is 0 Å². The van der Waals surface area contributed by atoms with Gasteiger partial charge in [0.1, 0.15) is 12.3 Å². The van der Waals surface area contributed by atoms with E-state index in [1.807, 2.05) is 83.5 Å². The van der Waals surface area contributed by atoms with Crippen LogP contribution >= 0.6 is 15.9 Å². The topological polar surface area (TPSA) is 55.6 Å². The summed E-state index contributed by atoms with van der Waals surface area (Å²) in [6, 6.07) is 21.3.